The van der Waals surface area contributed by atoms with Crippen LogP contribution in [0.5, 0.6) is 0 Å². The molecule has 0 unspecified atom stereocenters. The third kappa shape index (κ3) is 3.09. The van der Waals surface area contributed by atoms with Crippen molar-refractivity contribution in [3.8, 4) is 0 Å². The molecule has 0 aliphatic rings. The molecule has 2 aromatic heterocycles. The lowest BCUT2D eigenvalue weighted by Gasteiger charge is -2.07. The van der Waals surface area contributed by atoms with E-state index in [4.69, 9.17) is 5.73 Å². The number of hydrogen-bond acceptors (Lipinski definition) is 3. The molecule has 0 bridgehead atoms. The molecule has 0 saturated carbocycles. The zero-order valence-electron chi connectivity index (χ0n) is 14.3. The summed E-state index contributed by atoms with van der Waals surface area (Å²) in [6.07, 6.45) is 5.48. The van der Waals surface area contributed by atoms with Crippen LogP contribution in [0, 0.1) is 12.7 Å². The number of aromatic nitrogens is 3. The maximum Gasteiger partial charge on any atom is 0.221 e. The minimum atomic E-state index is -0.189. The monoisotopic (exact) mass is 347 g/mol. The van der Waals surface area contributed by atoms with Crippen molar-refractivity contribution in [1.29, 1.82) is 0 Å². The Bertz CT molecular complexity index is 1110. The van der Waals surface area contributed by atoms with Crippen LogP contribution < -0.4 is 5.73 Å². The Morgan fingerprint density at radius 2 is 2.04 bits per heavy atom. The zero-order chi connectivity index (χ0) is 18.1. The average Bonchev–Trinajstić information content (AvgIpc) is 3.17. The maximum atomic E-state index is 13.9. The van der Waals surface area contributed by atoms with E-state index in [1.807, 2.05) is 48.0 Å². The normalized spacial score (nSPS) is 11.6. The Balaban J connectivity index is 1.61. The van der Waals surface area contributed by atoms with Gasteiger partial charge in [0.15, 0.2) is 0 Å². The molecule has 0 amide bonds. The fourth-order valence-corrected chi connectivity index (χ4v) is 2.97. The minimum Gasteiger partial charge on any atom is -0.368 e. The molecule has 2 N–H and O–H groups in total. The Hall–Kier alpha value is -3.41. The van der Waals surface area contributed by atoms with Gasteiger partial charge in [-0.05, 0) is 36.8 Å². The van der Waals surface area contributed by atoms with Crippen molar-refractivity contribution in [2.24, 2.45) is 5.10 Å². The van der Waals surface area contributed by atoms with Crippen LogP contribution in [0.25, 0.3) is 10.9 Å². The van der Waals surface area contributed by atoms with Gasteiger partial charge >= 0.3 is 0 Å². The van der Waals surface area contributed by atoms with Crippen LogP contribution >= 0.6 is 0 Å². The number of imidazole rings is 1. The second-order valence-electron chi connectivity index (χ2n) is 6.18. The first-order chi connectivity index (χ1) is 12.6. The smallest absolute Gasteiger partial charge is 0.221 e. The molecule has 0 fully saturated rings. The van der Waals surface area contributed by atoms with Gasteiger partial charge in [-0.2, -0.15) is 5.10 Å². The topological polar surface area (TPSA) is 61.1 Å². The van der Waals surface area contributed by atoms with Crippen molar-refractivity contribution < 1.29 is 4.39 Å². The van der Waals surface area contributed by atoms with Crippen molar-refractivity contribution in [1.82, 2.24) is 14.2 Å². The number of halogens is 1. The molecule has 5 nitrogen and oxygen atoms in total. The number of fused-ring (bicyclic) bond motifs is 1. The van der Waals surface area contributed by atoms with Crippen molar-refractivity contribution in [2.45, 2.75) is 13.5 Å². The zero-order valence-corrected chi connectivity index (χ0v) is 14.3. The van der Waals surface area contributed by atoms with E-state index in [0.29, 0.717) is 18.1 Å². The highest BCUT2D eigenvalue weighted by atomic mass is 19.1. The minimum absolute atomic E-state index is 0.189. The van der Waals surface area contributed by atoms with Gasteiger partial charge in [-0.15, -0.1) is 0 Å². The summed E-state index contributed by atoms with van der Waals surface area (Å²) in [5.41, 5.74) is 9.27. The molecule has 130 valence electrons. The fourth-order valence-electron chi connectivity index (χ4n) is 2.97. The molecule has 4 rings (SSSR count). The van der Waals surface area contributed by atoms with E-state index < -0.39 is 0 Å². The van der Waals surface area contributed by atoms with E-state index in [1.54, 1.807) is 29.2 Å². The summed E-state index contributed by atoms with van der Waals surface area (Å²) in [5.74, 6) is 0.169. The third-order valence-electron chi connectivity index (χ3n) is 4.26. The van der Waals surface area contributed by atoms with Crippen LogP contribution in [0.3, 0.4) is 0 Å². The highest BCUT2D eigenvalue weighted by Crippen LogP contribution is 2.19. The number of aryl methyl sites for hydroxylation is 1. The van der Waals surface area contributed by atoms with E-state index in [2.05, 4.69) is 10.1 Å². The van der Waals surface area contributed by atoms with Gasteiger partial charge in [0.25, 0.3) is 0 Å². The number of nitrogens with two attached hydrogens (primary N) is 1. The van der Waals surface area contributed by atoms with Gasteiger partial charge in [0.2, 0.25) is 5.95 Å². The summed E-state index contributed by atoms with van der Waals surface area (Å²) >= 11 is 0. The SMILES string of the molecule is Cc1cn(N=Cc2ccc3c(ccn3Cc3ccccc3F)c2)c(N)n1. The highest BCUT2D eigenvalue weighted by molar-refractivity contribution is 5.89. The number of hydrogen-bond donors (Lipinski definition) is 1. The van der Waals surface area contributed by atoms with Gasteiger partial charge in [0.05, 0.1) is 24.7 Å². The first kappa shape index (κ1) is 16.1. The van der Waals surface area contributed by atoms with Crippen LogP contribution in [-0.4, -0.2) is 20.4 Å². The Morgan fingerprint density at radius 3 is 2.81 bits per heavy atom. The third-order valence-corrected chi connectivity index (χ3v) is 4.26. The predicted octanol–water partition coefficient (Wildman–Crippen LogP) is 3.80. The Morgan fingerprint density at radius 1 is 1.19 bits per heavy atom. The first-order valence-corrected chi connectivity index (χ1v) is 8.28. The summed E-state index contributed by atoms with van der Waals surface area (Å²) in [4.78, 5) is 4.12. The average molecular weight is 347 g/mol. The van der Waals surface area contributed by atoms with Crippen molar-refractivity contribution in [2.75, 3.05) is 5.73 Å². The molecule has 2 heterocycles. The van der Waals surface area contributed by atoms with Crippen molar-refractivity contribution in [3.63, 3.8) is 0 Å². The van der Waals surface area contributed by atoms with Gasteiger partial charge < -0.3 is 10.3 Å². The summed E-state index contributed by atoms with van der Waals surface area (Å²) in [6, 6.07) is 14.9. The number of nitrogens with zero attached hydrogens (tertiary/aromatic N) is 4. The van der Waals surface area contributed by atoms with Gasteiger partial charge in [-0.1, -0.05) is 24.3 Å². The van der Waals surface area contributed by atoms with E-state index in [9.17, 15) is 4.39 Å². The van der Waals surface area contributed by atoms with Gasteiger partial charge in [-0.3, -0.25) is 0 Å². The van der Waals surface area contributed by atoms with Crippen LogP contribution in [-0.2, 0) is 6.54 Å². The predicted molar refractivity (Wildman–Crippen MR) is 102 cm³/mol. The molecule has 0 saturated heterocycles. The highest BCUT2D eigenvalue weighted by Gasteiger charge is 2.06. The summed E-state index contributed by atoms with van der Waals surface area (Å²) in [6.45, 7) is 2.36. The molecule has 0 spiro atoms. The molecule has 0 aliphatic carbocycles. The lowest BCUT2D eigenvalue weighted by molar-refractivity contribution is 0.602. The van der Waals surface area contributed by atoms with E-state index in [0.717, 1.165) is 22.2 Å². The molecule has 26 heavy (non-hydrogen) atoms. The molecular weight excluding hydrogens is 329 g/mol. The summed E-state index contributed by atoms with van der Waals surface area (Å²) < 4.78 is 17.5. The van der Waals surface area contributed by atoms with Gasteiger partial charge in [-0.25, -0.2) is 14.1 Å². The summed E-state index contributed by atoms with van der Waals surface area (Å²) in [7, 11) is 0. The van der Waals surface area contributed by atoms with Gasteiger partial charge in [0, 0.05) is 22.7 Å². The molecule has 4 aromatic rings. The Labute approximate surface area is 150 Å². The lowest BCUT2D eigenvalue weighted by Crippen LogP contribution is -2.00. The number of nitrogen functional groups attached to an aromatic ring is 1. The number of anilines is 1. The molecule has 0 atom stereocenters. The molecule has 6 heteroatoms. The van der Waals surface area contributed by atoms with Gasteiger partial charge in [0.1, 0.15) is 5.82 Å². The summed E-state index contributed by atoms with van der Waals surface area (Å²) in [5, 5.41) is 5.41. The number of benzene rings is 2. The van der Waals surface area contributed by atoms with Crippen LogP contribution in [0.4, 0.5) is 10.3 Å². The standard InChI is InChI=1S/C20H18FN5/c1-14-12-26(20(22)24-14)23-11-15-6-7-19-16(10-15)8-9-25(19)13-17-4-2-3-5-18(17)21/h2-12H,13H2,1H3,(H2,22,24). The van der Waals surface area contributed by atoms with E-state index in [1.165, 1.54) is 6.07 Å². The largest absolute Gasteiger partial charge is 0.368 e. The van der Waals surface area contributed by atoms with Crippen LogP contribution in [0.15, 0.2) is 66.0 Å². The second-order valence-corrected chi connectivity index (χ2v) is 6.18. The lowest BCUT2D eigenvalue weighted by atomic mass is 10.1. The number of rotatable bonds is 4. The van der Waals surface area contributed by atoms with Crippen LogP contribution in [0.2, 0.25) is 0 Å². The van der Waals surface area contributed by atoms with E-state index in [-0.39, 0.29) is 5.82 Å². The molecule has 0 aliphatic heterocycles. The van der Waals surface area contributed by atoms with Crippen LogP contribution in [0.1, 0.15) is 16.8 Å². The molecule has 0 radical (unpaired) electrons. The quantitative estimate of drug-likeness (QED) is 0.571. The first-order valence-electron chi connectivity index (χ1n) is 8.28. The maximum absolute atomic E-state index is 13.9. The second kappa shape index (κ2) is 6.48. The van der Waals surface area contributed by atoms with Crippen molar-refractivity contribution in [3.05, 3.63) is 83.6 Å². The van der Waals surface area contributed by atoms with E-state index >= 15 is 0 Å². The molecule has 2 aromatic carbocycles. The Kier molecular flexibility index (Phi) is 4.01. The van der Waals surface area contributed by atoms with Crippen molar-refractivity contribution >= 4 is 23.1 Å². The fraction of sp³-hybridized carbons (Fsp3) is 0.100. The molecular formula is C20H18FN5.